The summed E-state index contributed by atoms with van der Waals surface area (Å²) in [5.41, 5.74) is 2.21. The number of rotatable bonds is 8. The lowest BCUT2D eigenvalue weighted by atomic mass is 10.1. The molecule has 7 nitrogen and oxygen atoms in total. The number of thioether (sulfide) groups is 1. The minimum Gasteiger partial charge on any atom is -0.461 e. The van der Waals surface area contributed by atoms with Gasteiger partial charge in [0, 0.05) is 12.1 Å². The highest BCUT2D eigenvalue weighted by Gasteiger charge is 2.17. The summed E-state index contributed by atoms with van der Waals surface area (Å²) in [5.74, 6) is 2.94. The summed E-state index contributed by atoms with van der Waals surface area (Å²) in [6.07, 6.45) is 4.41. The lowest BCUT2D eigenvalue weighted by molar-refractivity contribution is 0.391. The molecule has 0 saturated heterocycles. The normalized spacial score (nSPS) is 11.0. The van der Waals surface area contributed by atoms with E-state index >= 15 is 0 Å². The minimum atomic E-state index is 0.494. The fourth-order valence-electron chi connectivity index (χ4n) is 2.72. The molecule has 0 spiro atoms. The minimum absolute atomic E-state index is 0.494. The first-order chi connectivity index (χ1) is 13.8. The number of aromatic nitrogens is 5. The summed E-state index contributed by atoms with van der Waals surface area (Å²) in [4.78, 5) is 4.49. The van der Waals surface area contributed by atoms with Crippen molar-refractivity contribution in [2.24, 2.45) is 0 Å². The van der Waals surface area contributed by atoms with Crippen LogP contribution in [0.3, 0.4) is 0 Å². The van der Waals surface area contributed by atoms with Gasteiger partial charge in [0.1, 0.15) is 0 Å². The van der Waals surface area contributed by atoms with Gasteiger partial charge < -0.3 is 8.94 Å². The molecule has 0 amide bonds. The van der Waals surface area contributed by atoms with E-state index < -0.39 is 0 Å². The molecule has 0 aliphatic carbocycles. The topological polar surface area (TPSA) is 82.8 Å². The molecule has 4 aromatic rings. The molecular weight excluding hydrogens is 374 g/mol. The SMILES string of the molecule is C=CCn1c(SCc2nc(-c3ccc(CC)cc3)no2)nnc1-c1ccco1. The zero-order valence-electron chi connectivity index (χ0n) is 15.4. The van der Waals surface area contributed by atoms with Crippen LogP contribution in [0.1, 0.15) is 18.4 Å². The maximum absolute atomic E-state index is 5.44. The molecule has 0 aliphatic rings. The Hall–Kier alpha value is -3.13. The molecule has 0 atom stereocenters. The highest BCUT2D eigenvalue weighted by Crippen LogP contribution is 2.27. The Kier molecular flexibility index (Phi) is 5.38. The molecule has 0 unspecified atom stereocenters. The Morgan fingerprint density at radius 2 is 2.04 bits per heavy atom. The molecule has 1 aromatic carbocycles. The quantitative estimate of drug-likeness (QED) is 0.319. The zero-order chi connectivity index (χ0) is 19.3. The van der Waals surface area contributed by atoms with Crippen LogP contribution in [0.25, 0.3) is 23.0 Å². The second-order valence-electron chi connectivity index (χ2n) is 6.03. The van der Waals surface area contributed by atoms with Crippen LogP contribution in [0.4, 0.5) is 0 Å². The standard InChI is InChI=1S/C20H19N5O2S/c1-3-11-25-19(16-6-5-12-26-16)22-23-20(25)28-13-17-21-18(24-27-17)15-9-7-14(4-2)8-10-15/h3,5-10,12H,1,4,11,13H2,2H3. The number of aryl methyl sites for hydroxylation is 1. The maximum atomic E-state index is 5.44. The van der Waals surface area contributed by atoms with Crippen molar-refractivity contribution in [3.63, 3.8) is 0 Å². The molecule has 3 heterocycles. The number of allylic oxidation sites excluding steroid dienone is 1. The van der Waals surface area contributed by atoms with E-state index in [0.717, 1.165) is 17.1 Å². The second-order valence-corrected chi connectivity index (χ2v) is 6.98. The van der Waals surface area contributed by atoms with E-state index in [1.165, 1.54) is 17.3 Å². The molecule has 8 heteroatoms. The summed E-state index contributed by atoms with van der Waals surface area (Å²) in [5, 5.41) is 13.3. The summed E-state index contributed by atoms with van der Waals surface area (Å²) < 4.78 is 12.8. The Morgan fingerprint density at radius 1 is 1.18 bits per heavy atom. The maximum Gasteiger partial charge on any atom is 0.237 e. The summed E-state index contributed by atoms with van der Waals surface area (Å²) in [6, 6.07) is 11.9. The molecule has 0 bridgehead atoms. The molecule has 4 rings (SSSR count). The van der Waals surface area contributed by atoms with Crippen LogP contribution in [-0.2, 0) is 18.7 Å². The number of hydrogen-bond acceptors (Lipinski definition) is 7. The molecule has 28 heavy (non-hydrogen) atoms. The van der Waals surface area contributed by atoms with E-state index in [1.807, 2.05) is 28.8 Å². The Labute approximate surface area is 166 Å². The van der Waals surface area contributed by atoms with Crippen molar-refractivity contribution in [3.8, 4) is 23.0 Å². The van der Waals surface area contributed by atoms with Crippen molar-refractivity contribution in [1.82, 2.24) is 24.9 Å². The van der Waals surface area contributed by atoms with Crippen LogP contribution in [0, 0.1) is 0 Å². The molecule has 0 N–H and O–H groups in total. The van der Waals surface area contributed by atoms with E-state index in [9.17, 15) is 0 Å². The van der Waals surface area contributed by atoms with Gasteiger partial charge in [-0.15, -0.1) is 16.8 Å². The van der Waals surface area contributed by atoms with Gasteiger partial charge in [-0.2, -0.15) is 4.98 Å². The van der Waals surface area contributed by atoms with Gasteiger partial charge in [0.05, 0.1) is 12.0 Å². The third kappa shape index (κ3) is 3.77. The molecule has 0 saturated carbocycles. The average molecular weight is 393 g/mol. The van der Waals surface area contributed by atoms with Crippen LogP contribution in [0.5, 0.6) is 0 Å². The first-order valence-electron chi connectivity index (χ1n) is 8.91. The van der Waals surface area contributed by atoms with Crippen molar-refractivity contribution < 1.29 is 8.94 Å². The first kappa shape index (κ1) is 18.2. The largest absolute Gasteiger partial charge is 0.461 e. The second kappa shape index (κ2) is 8.26. The summed E-state index contributed by atoms with van der Waals surface area (Å²) in [6.45, 7) is 6.51. The molecule has 0 aliphatic heterocycles. The molecule has 3 aromatic heterocycles. The van der Waals surface area contributed by atoms with E-state index in [0.29, 0.717) is 35.6 Å². The highest BCUT2D eigenvalue weighted by molar-refractivity contribution is 7.98. The molecule has 0 radical (unpaired) electrons. The summed E-state index contributed by atoms with van der Waals surface area (Å²) >= 11 is 1.48. The predicted octanol–water partition coefficient (Wildman–Crippen LogP) is 4.63. The van der Waals surface area contributed by atoms with Crippen LogP contribution >= 0.6 is 11.8 Å². The van der Waals surface area contributed by atoms with E-state index in [4.69, 9.17) is 8.94 Å². The Bertz CT molecular complexity index is 1050. The number of nitrogens with zero attached hydrogens (tertiary/aromatic N) is 5. The van der Waals surface area contributed by atoms with Crippen molar-refractivity contribution in [2.45, 2.75) is 30.8 Å². The number of furan rings is 1. The Balaban J connectivity index is 1.49. The van der Waals surface area contributed by atoms with Crippen LogP contribution in [0.15, 0.2) is 69.4 Å². The lowest BCUT2D eigenvalue weighted by Crippen LogP contribution is -2.00. The number of hydrogen-bond donors (Lipinski definition) is 0. The van der Waals surface area contributed by atoms with Crippen LogP contribution in [-0.4, -0.2) is 24.9 Å². The van der Waals surface area contributed by atoms with Gasteiger partial charge >= 0.3 is 0 Å². The summed E-state index contributed by atoms with van der Waals surface area (Å²) in [7, 11) is 0. The van der Waals surface area contributed by atoms with E-state index in [1.54, 1.807) is 12.3 Å². The zero-order valence-corrected chi connectivity index (χ0v) is 16.2. The van der Waals surface area contributed by atoms with Crippen molar-refractivity contribution in [3.05, 3.63) is 66.8 Å². The van der Waals surface area contributed by atoms with Crippen molar-refractivity contribution >= 4 is 11.8 Å². The van der Waals surface area contributed by atoms with Gasteiger partial charge in [-0.25, -0.2) is 0 Å². The van der Waals surface area contributed by atoms with Gasteiger partial charge in [0.25, 0.3) is 0 Å². The Morgan fingerprint density at radius 3 is 2.75 bits per heavy atom. The monoisotopic (exact) mass is 393 g/mol. The van der Waals surface area contributed by atoms with E-state index in [-0.39, 0.29) is 0 Å². The van der Waals surface area contributed by atoms with Gasteiger partial charge in [0.2, 0.25) is 17.5 Å². The highest BCUT2D eigenvalue weighted by atomic mass is 32.2. The predicted molar refractivity (Wildman–Crippen MR) is 107 cm³/mol. The van der Waals surface area contributed by atoms with Crippen LogP contribution in [0.2, 0.25) is 0 Å². The lowest BCUT2D eigenvalue weighted by Gasteiger charge is -2.04. The molecule has 0 fully saturated rings. The van der Waals surface area contributed by atoms with Crippen molar-refractivity contribution in [2.75, 3.05) is 0 Å². The third-order valence-corrected chi connectivity index (χ3v) is 5.13. The smallest absolute Gasteiger partial charge is 0.237 e. The van der Waals surface area contributed by atoms with Gasteiger partial charge in [-0.1, -0.05) is 54.2 Å². The fourth-order valence-corrected chi connectivity index (χ4v) is 3.51. The van der Waals surface area contributed by atoms with Gasteiger partial charge in [-0.3, -0.25) is 4.57 Å². The fraction of sp³-hybridized carbons (Fsp3) is 0.200. The van der Waals surface area contributed by atoms with Crippen molar-refractivity contribution in [1.29, 1.82) is 0 Å². The third-order valence-electron chi connectivity index (χ3n) is 4.18. The van der Waals surface area contributed by atoms with Gasteiger partial charge in [0.15, 0.2) is 10.9 Å². The first-order valence-corrected chi connectivity index (χ1v) is 9.89. The molecule has 142 valence electrons. The average Bonchev–Trinajstić information content (AvgIpc) is 3.48. The molecular formula is C20H19N5O2S. The van der Waals surface area contributed by atoms with Gasteiger partial charge in [-0.05, 0) is 24.1 Å². The van der Waals surface area contributed by atoms with E-state index in [2.05, 4.69) is 46.0 Å². The van der Waals surface area contributed by atoms with Crippen LogP contribution < -0.4 is 0 Å². The number of benzene rings is 1.